The number of benzene rings is 4. The summed E-state index contributed by atoms with van der Waals surface area (Å²) in [7, 11) is -1.44. The first kappa shape index (κ1) is 16.8. The van der Waals surface area contributed by atoms with Gasteiger partial charge in [-0.1, -0.05) is 84.9 Å². The van der Waals surface area contributed by atoms with Gasteiger partial charge >= 0.3 is 7.12 Å². The van der Waals surface area contributed by atoms with Crippen molar-refractivity contribution >= 4 is 34.5 Å². The smallest absolute Gasteiger partial charge is 0.455 e. The van der Waals surface area contributed by atoms with Gasteiger partial charge in [0.1, 0.15) is 11.2 Å². The second kappa shape index (κ2) is 6.68. The Kier molecular flexibility index (Phi) is 4.01. The highest BCUT2D eigenvalue weighted by Gasteiger charge is 2.12. The van der Waals surface area contributed by atoms with Gasteiger partial charge in [-0.05, 0) is 28.2 Å². The van der Waals surface area contributed by atoms with E-state index in [9.17, 15) is 10.0 Å². The molecule has 4 aromatic carbocycles. The zero-order valence-electron chi connectivity index (χ0n) is 15.0. The molecule has 0 spiro atoms. The SMILES string of the molecule is OB(O)c1ccc(-c2ccc(-c3cccc4c3oc3ccccc34)cc2)cc1. The first-order valence-corrected chi connectivity index (χ1v) is 9.18. The Morgan fingerprint density at radius 1 is 0.571 bits per heavy atom. The van der Waals surface area contributed by atoms with Gasteiger partial charge in [0.05, 0.1) is 0 Å². The van der Waals surface area contributed by atoms with E-state index in [1.54, 1.807) is 12.1 Å². The average Bonchev–Trinajstić information content (AvgIpc) is 3.13. The summed E-state index contributed by atoms with van der Waals surface area (Å²) in [6.45, 7) is 0. The van der Waals surface area contributed by atoms with Crippen molar-refractivity contribution in [3.05, 3.63) is 91.0 Å². The maximum absolute atomic E-state index is 9.23. The molecule has 0 saturated carbocycles. The molecule has 2 N–H and O–H groups in total. The lowest BCUT2D eigenvalue weighted by atomic mass is 9.80. The lowest BCUT2D eigenvalue weighted by molar-refractivity contribution is 0.426. The molecule has 0 aliphatic heterocycles. The highest BCUT2D eigenvalue weighted by molar-refractivity contribution is 6.58. The molecule has 5 aromatic rings. The summed E-state index contributed by atoms with van der Waals surface area (Å²) < 4.78 is 6.14. The highest BCUT2D eigenvalue weighted by Crippen LogP contribution is 2.36. The number of hydrogen-bond acceptors (Lipinski definition) is 3. The van der Waals surface area contributed by atoms with Crippen LogP contribution in [0.2, 0.25) is 0 Å². The molecule has 3 nitrogen and oxygen atoms in total. The fourth-order valence-corrected chi connectivity index (χ4v) is 3.66. The lowest BCUT2D eigenvalue weighted by Crippen LogP contribution is -2.29. The normalized spacial score (nSPS) is 11.2. The first-order chi connectivity index (χ1) is 13.7. The van der Waals surface area contributed by atoms with Crippen LogP contribution in [0.25, 0.3) is 44.2 Å². The second-order valence-corrected chi connectivity index (χ2v) is 6.85. The van der Waals surface area contributed by atoms with Crippen molar-refractivity contribution in [1.29, 1.82) is 0 Å². The third-order valence-electron chi connectivity index (χ3n) is 5.14. The van der Waals surface area contributed by atoms with Crippen LogP contribution in [0.5, 0.6) is 0 Å². The van der Waals surface area contributed by atoms with Crippen LogP contribution in [-0.2, 0) is 0 Å². The third kappa shape index (κ3) is 2.80. The molecule has 0 bridgehead atoms. The summed E-state index contributed by atoms with van der Waals surface area (Å²) >= 11 is 0. The molecule has 134 valence electrons. The maximum atomic E-state index is 9.23. The number of rotatable bonds is 3. The maximum Gasteiger partial charge on any atom is 0.488 e. The highest BCUT2D eigenvalue weighted by atomic mass is 16.4. The predicted octanol–water partition coefficient (Wildman–Crippen LogP) is 4.60. The number of furan rings is 1. The van der Waals surface area contributed by atoms with E-state index in [1.807, 2.05) is 30.3 Å². The molecule has 0 aliphatic rings. The van der Waals surface area contributed by atoms with E-state index in [4.69, 9.17) is 4.42 Å². The van der Waals surface area contributed by atoms with Gasteiger partial charge in [-0.3, -0.25) is 0 Å². The molecule has 5 rings (SSSR count). The molecule has 0 aliphatic carbocycles. The Bertz CT molecular complexity index is 1270. The summed E-state index contributed by atoms with van der Waals surface area (Å²) in [5, 5.41) is 20.7. The Balaban J connectivity index is 1.55. The van der Waals surface area contributed by atoms with Crippen LogP contribution >= 0.6 is 0 Å². The van der Waals surface area contributed by atoms with Crippen LogP contribution in [0.15, 0.2) is 95.4 Å². The quantitative estimate of drug-likeness (QED) is 0.460. The van der Waals surface area contributed by atoms with Crippen molar-refractivity contribution in [2.45, 2.75) is 0 Å². The van der Waals surface area contributed by atoms with Crippen molar-refractivity contribution < 1.29 is 14.5 Å². The van der Waals surface area contributed by atoms with E-state index in [0.717, 1.165) is 44.2 Å². The van der Waals surface area contributed by atoms with Crippen LogP contribution in [0.3, 0.4) is 0 Å². The van der Waals surface area contributed by atoms with Crippen LogP contribution in [0, 0.1) is 0 Å². The Hall–Kier alpha value is -3.34. The molecule has 0 saturated heterocycles. The molecular weight excluding hydrogens is 347 g/mol. The van der Waals surface area contributed by atoms with E-state index < -0.39 is 7.12 Å². The largest absolute Gasteiger partial charge is 0.488 e. The number of hydrogen-bond donors (Lipinski definition) is 2. The topological polar surface area (TPSA) is 53.6 Å². The van der Waals surface area contributed by atoms with Crippen molar-refractivity contribution in [1.82, 2.24) is 0 Å². The monoisotopic (exact) mass is 364 g/mol. The number of para-hydroxylation sites is 2. The third-order valence-corrected chi connectivity index (χ3v) is 5.14. The zero-order chi connectivity index (χ0) is 19.1. The second-order valence-electron chi connectivity index (χ2n) is 6.85. The van der Waals surface area contributed by atoms with Gasteiger partial charge in [0, 0.05) is 16.3 Å². The average molecular weight is 364 g/mol. The molecule has 0 amide bonds. The molecule has 0 unspecified atom stereocenters. The minimum atomic E-state index is -1.44. The van der Waals surface area contributed by atoms with Crippen LogP contribution in [0.4, 0.5) is 0 Å². The predicted molar refractivity (Wildman–Crippen MR) is 114 cm³/mol. The Morgan fingerprint density at radius 3 is 1.89 bits per heavy atom. The van der Waals surface area contributed by atoms with E-state index in [1.165, 1.54) is 0 Å². The Labute approximate surface area is 162 Å². The van der Waals surface area contributed by atoms with E-state index in [2.05, 4.69) is 48.5 Å². The van der Waals surface area contributed by atoms with Gasteiger partial charge in [0.25, 0.3) is 0 Å². The van der Waals surface area contributed by atoms with Crippen molar-refractivity contribution in [3.63, 3.8) is 0 Å². The van der Waals surface area contributed by atoms with Gasteiger partial charge in [-0.25, -0.2) is 0 Å². The fraction of sp³-hybridized carbons (Fsp3) is 0. The van der Waals surface area contributed by atoms with E-state index in [0.29, 0.717) is 5.46 Å². The summed E-state index contributed by atoms with van der Waals surface area (Å²) in [4.78, 5) is 0. The van der Waals surface area contributed by atoms with Crippen LogP contribution in [0.1, 0.15) is 0 Å². The van der Waals surface area contributed by atoms with Gasteiger partial charge < -0.3 is 14.5 Å². The van der Waals surface area contributed by atoms with Gasteiger partial charge in [-0.15, -0.1) is 0 Å². The van der Waals surface area contributed by atoms with E-state index in [-0.39, 0.29) is 0 Å². The summed E-state index contributed by atoms with van der Waals surface area (Å²) in [6, 6.07) is 29.9. The van der Waals surface area contributed by atoms with Crippen LogP contribution < -0.4 is 5.46 Å². The number of fused-ring (bicyclic) bond motifs is 3. The summed E-state index contributed by atoms with van der Waals surface area (Å²) in [5.74, 6) is 0. The molecule has 1 heterocycles. The minimum Gasteiger partial charge on any atom is -0.455 e. The summed E-state index contributed by atoms with van der Waals surface area (Å²) in [5.41, 5.74) is 6.54. The molecule has 0 atom stereocenters. The van der Waals surface area contributed by atoms with Gasteiger partial charge in [-0.2, -0.15) is 0 Å². The van der Waals surface area contributed by atoms with Crippen molar-refractivity contribution in [2.75, 3.05) is 0 Å². The van der Waals surface area contributed by atoms with Crippen molar-refractivity contribution in [2.24, 2.45) is 0 Å². The van der Waals surface area contributed by atoms with Gasteiger partial charge in [0.15, 0.2) is 0 Å². The molecule has 1 aromatic heterocycles. The van der Waals surface area contributed by atoms with E-state index >= 15 is 0 Å². The fourth-order valence-electron chi connectivity index (χ4n) is 3.66. The molecule has 4 heteroatoms. The standard InChI is InChI=1S/C24H17BO3/c26-25(27)19-14-12-17(13-15-19)16-8-10-18(11-9-16)20-5-3-6-22-21-4-1-2-7-23(21)28-24(20)22/h1-15,26-27H. The van der Waals surface area contributed by atoms with Crippen LogP contribution in [-0.4, -0.2) is 17.2 Å². The molecule has 0 radical (unpaired) electrons. The zero-order valence-corrected chi connectivity index (χ0v) is 15.0. The van der Waals surface area contributed by atoms with Gasteiger partial charge in [0.2, 0.25) is 0 Å². The minimum absolute atomic E-state index is 0.483. The lowest BCUT2D eigenvalue weighted by Gasteiger charge is -2.07. The first-order valence-electron chi connectivity index (χ1n) is 9.18. The molecule has 0 fully saturated rings. The molecular formula is C24H17BO3. The van der Waals surface area contributed by atoms with Crippen molar-refractivity contribution in [3.8, 4) is 22.3 Å². The Morgan fingerprint density at radius 2 is 1.18 bits per heavy atom. The molecule has 28 heavy (non-hydrogen) atoms. The summed E-state index contributed by atoms with van der Waals surface area (Å²) in [6.07, 6.45) is 0.